The van der Waals surface area contributed by atoms with Crippen LogP contribution >= 0.6 is 35.3 Å². The number of halogens is 1. The number of thiophene rings is 1. The lowest BCUT2D eigenvalue weighted by atomic mass is 10.2. The fourth-order valence-electron chi connectivity index (χ4n) is 3.80. The van der Waals surface area contributed by atoms with Gasteiger partial charge in [-0.3, -0.25) is 9.89 Å². The van der Waals surface area contributed by atoms with Crippen LogP contribution in [0.3, 0.4) is 0 Å². The predicted octanol–water partition coefficient (Wildman–Crippen LogP) is 3.19. The molecule has 2 atom stereocenters. The first kappa shape index (κ1) is 26.8. The monoisotopic (exact) mass is 566 g/mol. The third kappa shape index (κ3) is 9.51. The lowest BCUT2D eigenvalue weighted by molar-refractivity contribution is 0.0168. The highest BCUT2D eigenvalue weighted by molar-refractivity contribution is 14.0. The highest BCUT2D eigenvalue weighted by Crippen LogP contribution is 2.28. The van der Waals surface area contributed by atoms with E-state index in [1.165, 1.54) is 9.75 Å². The van der Waals surface area contributed by atoms with Gasteiger partial charge in [0.05, 0.1) is 38.5 Å². The lowest BCUT2D eigenvalue weighted by Crippen LogP contribution is -2.41. The SMILES string of the molecule is CCNC(=NCC(c1ccc(C)s1)N1CCOCC1)NCCCOCC1CCCO1.I. The van der Waals surface area contributed by atoms with E-state index in [9.17, 15) is 0 Å². The maximum atomic E-state index is 5.75. The summed E-state index contributed by atoms with van der Waals surface area (Å²) in [6.45, 7) is 12.6. The number of nitrogens with one attached hydrogen (secondary N) is 2. The molecule has 0 bridgehead atoms. The van der Waals surface area contributed by atoms with Gasteiger partial charge in [-0.05, 0) is 45.2 Å². The first-order valence-corrected chi connectivity index (χ1v) is 12.2. The molecule has 1 aromatic rings. The molecule has 0 saturated carbocycles. The average molecular weight is 567 g/mol. The molecule has 1 aromatic heterocycles. The van der Waals surface area contributed by atoms with Crippen molar-refractivity contribution in [2.75, 3.05) is 65.8 Å². The van der Waals surface area contributed by atoms with Crippen LogP contribution in [0.4, 0.5) is 0 Å². The Morgan fingerprint density at radius 3 is 2.81 bits per heavy atom. The van der Waals surface area contributed by atoms with E-state index in [4.69, 9.17) is 19.2 Å². The van der Waals surface area contributed by atoms with Gasteiger partial charge in [0.2, 0.25) is 0 Å². The van der Waals surface area contributed by atoms with Gasteiger partial charge in [-0.1, -0.05) is 0 Å². The van der Waals surface area contributed by atoms with Crippen molar-refractivity contribution in [1.82, 2.24) is 15.5 Å². The van der Waals surface area contributed by atoms with Crippen LogP contribution < -0.4 is 10.6 Å². The second-order valence-corrected chi connectivity index (χ2v) is 9.14. The molecule has 2 unspecified atom stereocenters. The quantitative estimate of drug-likeness (QED) is 0.186. The summed E-state index contributed by atoms with van der Waals surface area (Å²) < 4.78 is 16.9. The van der Waals surface area contributed by atoms with Gasteiger partial charge in [0.25, 0.3) is 0 Å². The zero-order valence-electron chi connectivity index (χ0n) is 18.9. The Balaban J connectivity index is 0.00000341. The fourth-order valence-corrected chi connectivity index (χ4v) is 4.80. The fraction of sp³-hybridized carbons (Fsp3) is 0.773. The summed E-state index contributed by atoms with van der Waals surface area (Å²) in [5, 5.41) is 6.82. The van der Waals surface area contributed by atoms with Gasteiger partial charge in [0.1, 0.15) is 0 Å². The normalized spacial score (nSPS) is 21.0. The average Bonchev–Trinajstić information content (AvgIpc) is 3.43. The molecule has 0 radical (unpaired) electrons. The molecule has 9 heteroatoms. The molecule has 2 fully saturated rings. The molecule has 2 N–H and O–H groups in total. The largest absolute Gasteiger partial charge is 0.379 e. The van der Waals surface area contributed by atoms with Crippen molar-refractivity contribution >= 4 is 41.3 Å². The molecule has 2 aliphatic heterocycles. The Hall–Kier alpha value is -0.460. The minimum Gasteiger partial charge on any atom is -0.379 e. The molecule has 3 heterocycles. The molecule has 7 nitrogen and oxygen atoms in total. The van der Waals surface area contributed by atoms with E-state index in [0.29, 0.717) is 12.1 Å². The van der Waals surface area contributed by atoms with E-state index >= 15 is 0 Å². The zero-order chi connectivity index (χ0) is 21.0. The number of aliphatic imine (C=N–C) groups is 1. The van der Waals surface area contributed by atoms with Crippen LogP contribution in [-0.4, -0.2) is 82.7 Å². The van der Waals surface area contributed by atoms with Gasteiger partial charge in [-0.25, -0.2) is 0 Å². The van der Waals surface area contributed by atoms with Crippen LogP contribution in [0.5, 0.6) is 0 Å². The molecular formula is C22H39IN4O3S. The first-order chi connectivity index (χ1) is 14.8. The Bertz CT molecular complexity index is 634. The summed E-state index contributed by atoms with van der Waals surface area (Å²) in [6.07, 6.45) is 3.54. The van der Waals surface area contributed by atoms with Crippen LogP contribution in [0.15, 0.2) is 17.1 Å². The summed E-state index contributed by atoms with van der Waals surface area (Å²) in [5.74, 6) is 0.878. The van der Waals surface area contributed by atoms with Gasteiger partial charge >= 0.3 is 0 Å². The minimum atomic E-state index is 0. The maximum absolute atomic E-state index is 5.75. The highest BCUT2D eigenvalue weighted by atomic mass is 127. The molecule has 3 rings (SSSR count). The Kier molecular flexibility index (Phi) is 13.3. The molecule has 0 aromatic carbocycles. The zero-order valence-corrected chi connectivity index (χ0v) is 22.1. The molecule has 2 aliphatic rings. The molecule has 0 amide bonds. The van der Waals surface area contributed by atoms with E-state index in [2.05, 4.69) is 41.5 Å². The molecular weight excluding hydrogens is 527 g/mol. The number of guanidine groups is 1. The number of rotatable bonds is 11. The number of morpholine rings is 1. The number of hydrogen-bond donors (Lipinski definition) is 2. The number of nitrogens with zero attached hydrogens (tertiary/aromatic N) is 2. The van der Waals surface area contributed by atoms with Crippen molar-refractivity contribution in [3.63, 3.8) is 0 Å². The second kappa shape index (κ2) is 15.4. The number of ether oxygens (including phenoxy) is 3. The van der Waals surface area contributed by atoms with Crippen LogP contribution in [0.2, 0.25) is 0 Å². The second-order valence-electron chi connectivity index (χ2n) is 7.82. The van der Waals surface area contributed by atoms with Crippen LogP contribution in [0, 0.1) is 6.92 Å². The van der Waals surface area contributed by atoms with Crippen LogP contribution in [0.1, 0.15) is 42.0 Å². The molecule has 2 saturated heterocycles. The third-order valence-electron chi connectivity index (χ3n) is 5.43. The Morgan fingerprint density at radius 2 is 2.13 bits per heavy atom. The van der Waals surface area contributed by atoms with E-state index in [0.717, 1.165) is 91.0 Å². The molecule has 0 spiro atoms. The number of hydrogen-bond acceptors (Lipinski definition) is 6. The van der Waals surface area contributed by atoms with Gasteiger partial charge < -0.3 is 24.8 Å². The van der Waals surface area contributed by atoms with E-state index in [-0.39, 0.29) is 24.0 Å². The van der Waals surface area contributed by atoms with E-state index in [1.54, 1.807) is 0 Å². The standard InChI is InChI=1S/C22H38N4O3S.HI/c1-3-23-22(24-9-5-12-28-17-19-6-4-13-29-19)25-16-20(21-8-7-18(2)30-21)26-10-14-27-15-11-26;/h7-8,19-20H,3-6,9-17H2,1-2H3,(H2,23,24,25);1H. The summed E-state index contributed by atoms with van der Waals surface area (Å²) in [6, 6.07) is 4.76. The van der Waals surface area contributed by atoms with Crippen molar-refractivity contribution in [2.24, 2.45) is 4.99 Å². The van der Waals surface area contributed by atoms with Gasteiger partial charge in [-0.2, -0.15) is 0 Å². The predicted molar refractivity (Wildman–Crippen MR) is 138 cm³/mol. The maximum Gasteiger partial charge on any atom is 0.191 e. The molecule has 0 aliphatic carbocycles. The Labute approximate surface area is 208 Å². The Morgan fingerprint density at radius 1 is 1.29 bits per heavy atom. The highest BCUT2D eigenvalue weighted by Gasteiger charge is 2.23. The van der Waals surface area contributed by atoms with E-state index < -0.39 is 0 Å². The lowest BCUT2D eigenvalue weighted by Gasteiger charge is -2.33. The van der Waals surface area contributed by atoms with Crippen molar-refractivity contribution in [3.05, 3.63) is 21.9 Å². The van der Waals surface area contributed by atoms with Crippen molar-refractivity contribution in [2.45, 2.75) is 45.3 Å². The van der Waals surface area contributed by atoms with Gasteiger partial charge in [0.15, 0.2) is 5.96 Å². The van der Waals surface area contributed by atoms with Crippen LogP contribution in [-0.2, 0) is 14.2 Å². The summed E-state index contributed by atoms with van der Waals surface area (Å²) in [7, 11) is 0. The number of aryl methyl sites for hydroxylation is 1. The van der Waals surface area contributed by atoms with Gasteiger partial charge in [-0.15, -0.1) is 35.3 Å². The summed E-state index contributed by atoms with van der Waals surface area (Å²) in [4.78, 5) is 10.1. The van der Waals surface area contributed by atoms with Crippen molar-refractivity contribution < 1.29 is 14.2 Å². The summed E-state index contributed by atoms with van der Waals surface area (Å²) in [5.41, 5.74) is 0. The van der Waals surface area contributed by atoms with Crippen molar-refractivity contribution in [1.29, 1.82) is 0 Å². The molecule has 31 heavy (non-hydrogen) atoms. The van der Waals surface area contributed by atoms with E-state index in [1.807, 2.05) is 11.3 Å². The third-order valence-corrected chi connectivity index (χ3v) is 6.53. The summed E-state index contributed by atoms with van der Waals surface area (Å²) >= 11 is 1.87. The minimum absolute atomic E-state index is 0. The van der Waals surface area contributed by atoms with Gasteiger partial charge in [0, 0.05) is 49.1 Å². The topological polar surface area (TPSA) is 67.4 Å². The van der Waals surface area contributed by atoms with Crippen LogP contribution in [0.25, 0.3) is 0 Å². The van der Waals surface area contributed by atoms with Crippen molar-refractivity contribution in [3.8, 4) is 0 Å². The smallest absolute Gasteiger partial charge is 0.191 e. The molecule has 178 valence electrons. The first-order valence-electron chi connectivity index (χ1n) is 11.4.